The molecule has 6 aromatic rings. The van der Waals surface area contributed by atoms with Gasteiger partial charge < -0.3 is 9.47 Å². The minimum absolute atomic E-state index is 0.811. The van der Waals surface area contributed by atoms with Crippen molar-refractivity contribution < 1.29 is 18.6 Å². The molecule has 0 atom stereocenters. The van der Waals surface area contributed by atoms with Crippen molar-refractivity contribution in [3.63, 3.8) is 0 Å². The van der Waals surface area contributed by atoms with E-state index < -0.39 is 0 Å². The van der Waals surface area contributed by atoms with Gasteiger partial charge in [0.1, 0.15) is 37.1 Å². The van der Waals surface area contributed by atoms with Gasteiger partial charge in [0.2, 0.25) is 0 Å². The Morgan fingerprint density at radius 1 is 0.409 bits per heavy atom. The zero-order valence-corrected chi connectivity index (χ0v) is 24.9. The fourth-order valence-electron chi connectivity index (χ4n) is 4.73. The van der Waals surface area contributed by atoms with Gasteiger partial charge in [0, 0.05) is 35.4 Å². The third-order valence-electron chi connectivity index (χ3n) is 7.25. The predicted octanol–water partition coefficient (Wildman–Crippen LogP) is 8.93. The number of aryl methyl sites for hydroxylation is 2. The van der Waals surface area contributed by atoms with Crippen LogP contribution in [-0.2, 0) is 14.1 Å². The maximum absolute atomic E-state index is 6.14. The first-order valence-electron chi connectivity index (χ1n) is 14.6. The molecule has 44 heavy (non-hydrogen) atoms. The average Bonchev–Trinajstić information content (AvgIpc) is 3.06. The zero-order chi connectivity index (χ0) is 30.1. The molecule has 2 heterocycles. The summed E-state index contributed by atoms with van der Waals surface area (Å²) in [4.78, 5) is 0. The lowest BCUT2D eigenvalue weighted by Gasteiger charge is -2.08. The number of para-hydroxylation sites is 2. The number of hydrogen-bond donors (Lipinski definition) is 0. The Kier molecular flexibility index (Phi) is 8.70. The summed E-state index contributed by atoms with van der Waals surface area (Å²) in [5.74, 6) is 3.27. The van der Waals surface area contributed by atoms with E-state index in [1.54, 1.807) is 0 Å². The Hall–Kier alpha value is -5.74. The summed E-state index contributed by atoms with van der Waals surface area (Å²) < 4.78 is 16.2. The third kappa shape index (κ3) is 7.36. The molecule has 4 aromatic carbocycles. The van der Waals surface area contributed by atoms with Crippen molar-refractivity contribution in [3.05, 3.63) is 168 Å². The Balaban J connectivity index is 1.11. The van der Waals surface area contributed by atoms with Crippen molar-refractivity contribution in [2.45, 2.75) is 0 Å². The van der Waals surface area contributed by atoms with Gasteiger partial charge in [-0.3, -0.25) is 0 Å². The van der Waals surface area contributed by atoms with Crippen LogP contribution in [0, 0.1) is 0 Å². The summed E-state index contributed by atoms with van der Waals surface area (Å²) in [5.41, 5.74) is 6.65. The van der Waals surface area contributed by atoms with Gasteiger partial charge in [-0.05, 0) is 34.4 Å². The first kappa shape index (κ1) is 28.4. The van der Waals surface area contributed by atoms with E-state index in [9.17, 15) is 0 Å². The van der Waals surface area contributed by atoms with E-state index in [0.717, 1.165) is 45.3 Å². The molecule has 0 aliphatic rings. The van der Waals surface area contributed by atoms with Gasteiger partial charge in [0.15, 0.2) is 24.8 Å². The van der Waals surface area contributed by atoms with Crippen molar-refractivity contribution in [1.82, 2.24) is 0 Å². The molecule has 0 spiro atoms. The number of ether oxygens (including phenoxy) is 2. The van der Waals surface area contributed by atoms with Crippen molar-refractivity contribution in [2.75, 3.05) is 0 Å². The molecule has 0 aliphatic carbocycles. The monoisotopic (exact) mass is 574 g/mol. The number of pyridine rings is 2. The first-order chi connectivity index (χ1) is 21.6. The molecule has 0 radical (unpaired) electrons. The molecule has 0 bridgehead atoms. The SMILES string of the molecule is C[n+]1ccc(Oc2ccccc2C=Cc2ccc(-c3ccc(C=Cc4ccccc4Oc4cc[n+](C)cc4)cc3)cc2)cc1. The van der Waals surface area contributed by atoms with Crippen LogP contribution in [0.1, 0.15) is 22.3 Å². The van der Waals surface area contributed by atoms with E-state index in [-0.39, 0.29) is 0 Å². The highest BCUT2D eigenvalue weighted by Crippen LogP contribution is 2.28. The maximum atomic E-state index is 6.14. The second-order valence-electron chi connectivity index (χ2n) is 10.6. The molecule has 4 nitrogen and oxygen atoms in total. The van der Waals surface area contributed by atoms with E-state index in [2.05, 4.69) is 85.0 Å². The van der Waals surface area contributed by atoms with Gasteiger partial charge in [0.25, 0.3) is 0 Å². The van der Waals surface area contributed by atoms with Gasteiger partial charge in [-0.25, -0.2) is 9.13 Å². The van der Waals surface area contributed by atoms with Crippen LogP contribution in [0.4, 0.5) is 0 Å². The molecule has 0 saturated carbocycles. The van der Waals surface area contributed by atoms with Crippen molar-refractivity contribution in [1.29, 1.82) is 0 Å². The smallest absolute Gasteiger partial charge is 0.172 e. The number of nitrogens with zero attached hydrogens (tertiary/aromatic N) is 2. The van der Waals surface area contributed by atoms with E-state index >= 15 is 0 Å². The molecule has 0 amide bonds. The van der Waals surface area contributed by atoms with Crippen LogP contribution in [0.5, 0.6) is 23.0 Å². The highest BCUT2D eigenvalue weighted by atomic mass is 16.5. The summed E-state index contributed by atoms with van der Waals surface area (Å²) in [6, 6.07) is 41.2. The average molecular weight is 575 g/mol. The lowest BCUT2D eigenvalue weighted by molar-refractivity contribution is -0.671. The molecule has 0 unspecified atom stereocenters. The molecule has 0 fully saturated rings. The second-order valence-corrected chi connectivity index (χ2v) is 10.6. The van der Waals surface area contributed by atoms with Gasteiger partial charge in [-0.1, -0.05) is 109 Å². The summed E-state index contributed by atoms with van der Waals surface area (Å²) in [6.45, 7) is 0. The van der Waals surface area contributed by atoms with Crippen LogP contribution in [0.25, 0.3) is 35.4 Å². The molecule has 6 rings (SSSR count). The van der Waals surface area contributed by atoms with Crippen molar-refractivity contribution in [2.24, 2.45) is 14.1 Å². The highest BCUT2D eigenvalue weighted by Gasteiger charge is 2.05. The van der Waals surface area contributed by atoms with Gasteiger partial charge in [0.05, 0.1) is 0 Å². The van der Waals surface area contributed by atoms with Gasteiger partial charge in [-0.2, -0.15) is 0 Å². The van der Waals surface area contributed by atoms with Crippen LogP contribution < -0.4 is 18.6 Å². The number of benzene rings is 4. The second kappa shape index (κ2) is 13.5. The normalized spacial score (nSPS) is 11.2. The van der Waals surface area contributed by atoms with Crippen LogP contribution >= 0.6 is 0 Å². The first-order valence-corrected chi connectivity index (χ1v) is 14.6. The van der Waals surface area contributed by atoms with Gasteiger partial charge in [-0.15, -0.1) is 0 Å². The quantitative estimate of drug-likeness (QED) is 0.127. The molecular formula is C40H34N2O2+2. The number of hydrogen-bond acceptors (Lipinski definition) is 2. The minimum Gasteiger partial charge on any atom is -0.456 e. The topological polar surface area (TPSA) is 26.2 Å². The molecule has 214 valence electrons. The lowest BCUT2D eigenvalue weighted by atomic mass is 10.0. The van der Waals surface area contributed by atoms with Crippen LogP contribution in [-0.4, -0.2) is 0 Å². The summed E-state index contributed by atoms with van der Waals surface area (Å²) in [6.07, 6.45) is 16.3. The number of rotatable bonds is 9. The van der Waals surface area contributed by atoms with E-state index in [4.69, 9.17) is 9.47 Å². The van der Waals surface area contributed by atoms with E-state index in [0.29, 0.717) is 0 Å². The molecule has 2 aromatic heterocycles. The Morgan fingerprint density at radius 3 is 1.16 bits per heavy atom. The Morgan fingerprint density at radius 2 is 0.773 bits per heavy atom. The predicted molar refractivity (Wildman–Crippen MR) is 178 cm³/mol. The Labute approximate surface area is 259 Å². The number of aromatic nitrogens is 2. The van der Waals surface area contributed by atoms with Crippen LogP contribution in [0.15, 0.2) is 146 Å². The van der Waals surface area contributed by atoms with Gasteiger partial charge >= 0.3 is 0 Å². The lowest BCUT2D eigenvalue weighted by Crippen LogP contribution is -2.25. The van der Waals surface area contributed by atoms with Crippen molar-refractivity contribution in [3.8, 4) is 34.1 Å². The minimum atomic E-state index is 0.811. The highest BCUT2D eigenvalue weighted by molar-refractivity contribution is 5.76. The van der Waals surface area contributed by atoms with E-state index in [1.807, 2.05) is 109 Å². The summed E-state index contributed by atoms with van der Waals surface area (Å²) >= 11 is 0. The standard InChI is InChI=1S/C40H34N2O2/c1-41-27-23-37(24-28-41)43-39-9-5-3-7-35(39)21-15-31-11-17-33(18-12-31)34-19-13-32(14-20-34)16-22-36-8-4-6-10-40(36)44-38-25-29-42(2)30-26-38/h3-30H,1-2H3/q+2. The van der Waals surface area contributed by atoms with Crippen LogP contribution in [0.3, 0.4) is 0 Å². The largest absolute Gasteiger partial charge is 0.456 e. The fraction of sp³-hybridized carbons (Fsp3) is 0.0500. The third-order valence-corrected chi connectivity index (χ3v) is 7.25. The molecular weight excluding hydrogens is 540 g/mol. The summed E-state index contributed by atoms with van der Waals surface area (Å²) in [5, 5.41) is 0. The van der Waals surface area contributed by atoms with E-state index in [1.165, 1.54) is 11.1 Å². The van der Waals surface area contributed by atoms with Crippen molar-refractivity contribution >= 4 is 24.3 Å². The molecule has 4 heteroatoms. The Bertz CT molecular complexity index is 1750. The maximum Gasteiger partial charge on any atom is 0.172 e. The summed E-state index contributed by atoms with van der Waals surface area (Å²) in [7, 11) is 3.98. The molecule has 0 N–H and O–H groups in total. The fourth-order valence-corrected chi connectivity index (χ4v) is 4.73. The van der Waals surface area contributed by atoms with Crippen LogP contribution in [0.2, 0.25) is 0 Å². The molecule has 0 aliphatic heterocycles. The zero-order valence-electron chi connectivity index (χ0n) is 24.9. The molecule has 0 saturated heterocycles.